The van der Waals surface area contributed by atoms with Gasteiger partial charge in [0.2, 0.25) is 0 Å². The Hall–Kier alpha value is -0.570. The van der Waals surface area contributed by atoms with Crippen molar-refractivity contribution in [2.45, 2.75) is 32.6 Å². The van der Waals surface area contributed by atoms with E-state index in [1.54, 1.807) is 0 Å². The average Bonchev–Trinajstić information content (AvgIpc) is 2.51. The second kappa shape index (κ2) is 6.89. The maximum absolute atomic E-state index is 8.25. The Morgan fingerprint density at radius 2 is 1.85 bits per heavy atom. The first-order chi connectivity index (χ1) is 6.18. The van der Waals surface area contributed by atoms with Crippen molar-refractivity contribution in [2.75, 3.05) is 26.7 Å². The molecular weight excluding hydrogens is 166 g/mol. The molecular formula is C10H21NO2. The number of rotatable bonds is 3. The van der Waals surface area contributed by atoms with Gasteiger partial charge in [-0.1, -0.05) is 13.3 Å². The predicted octanol–water partition coefficient (Wildman–Crippen LogP) is 0.393. The molecule has 0 atom stereocenters. The van der Waals surface area contributed by atoms with Crippen LogP contribution in [-0.2, 0) is 4.79 Å². The molecule has 1 rings (SSSR count). The molecule has 78 valence electrons. The van der Waals surface area contributed by atoms with Gasteiger partial charge in [0.15, 0.2) is 0 Å². The van der Waals surface area contributed by atoms with Crippen molar-refractivity contribution >= 4 is 6.47 Å². The van der Waals surface area contributed by atoms with Crippen LogP contribution in [0.25, 0.3) is 0 Å². The number of carbonyl (C=O) groups excluding carboxylic acids is 1. The summed E-state index contributed by atoms with van der Waals surface area (Å²) in [6, 6.07) is 0. The first-order valence-electron chi connectivity index (χ1n) is 5.07. The van der Waals surface area contributed by atoms with Crippen molar-refractivity contribution in [3.8, 4) is 0 Å². The number of nitrogens with zero attached hydrogens (tertiary/aromatic N) is 1. The van der Waals surface area contributed by atoms with Gasteiger partial charge < -0.3 is 14.4 Å². The van der Waals surface area contributed by atoms with Crippen molar-refractivity contribution in [1.82, 2.24) is 0 Å². The zero-order valence-corrected chi connectivity index (χ0v) is 8.79. The monoisotopic (exact) mass is 187 g/mol. The third-order valence-corrected chi connectivity index (χ3v) is 2.70. The van der Waals surface area contributed by atoms with Crippen molar-refractivity contribution in [2.24, 2.45) is 0 Å². The summed E-state index contributed by atoms with van der Waals surface area (Å²) >= 11 is 0. The summed E-state index contributed by atoms with van der Waals surface area (Å²) in [5, 5.41) is 8.25. The van der Waals surface area contributed by atoms with E-state index < -0.39 is 6.47 Å². The Morgan fingerprint density at radius 3 is 2.23 bits per heavy atom. The third kappa shape index (κ3) is 5.64. The van der Waals surface area contributed by atoms with Crippen LogP contribution >= 0.6 is 0 Å². The van der Waals surface area contributed by atoms with Crippen LogP contribution in [0.1, 0.15) is 32.6 Å². The predicted molar refractivity (Wildman–Crippen MR) is 51.0 cm³/mol. The normalized spacial score (nSPS) is 18.9. The van der Waals surface area contributed by atoms with E-state index in [9.17, 15) is 0 Å². The van der Waals surface area contributed by atoms with Crippen molar-refractivity contribution in [3.05, 3.63) is 0 Å². The van der Waals surface area contributed by atoms with Gasteiger partial charge in [-0.15, -0.1) is 0 Å². The molecule has 0 N–H and O–H groups in total. The van der Waals surface area contributed by atoms with Crippen LogP contribution < -0.4 is 5.11 Å². The second-order valence-corrected chi connectivity index (χ2v) is 3.95. The van der Waals surface area contributed by atoms with Crippen molar-refractivity contribution in [3.63, 3.8) is 0 Å². The van der Waals surface area contributed by atoms with Crippen LogP contribution in [0.2, 0.25) is 0 Å². The number of carboxylic acid groups (broad SMARTS) is 1. The molecule has 1 aliphatic rings. The number of likely N-dealkylation sites (tertiary alicyclic amines) is 1. The maximum atomic E-state index is 8.25. The second-order valence-electron chi connectivity index (χ2n) is 3.95. The first-order valence-corrected chi connectivity index (χ1v) is 5.07. The van der Waals surface area contributed by atoms with E-state index in [0.717, 1.165) is 0 Å². The quantitative estimate of drug-likeness (QED) is 0.474. The average molecular weight is 187 g/mol. The Bertz CT molecular complexity index is 131. The number of quaternary nitrogens is 1. The summed E-state index contributed by atoms with van der Waals surface area (Å²) in [6.45, 7) is 6.05. The van der Waals surface area contributed by atoms with Crippen LogP contribution in [-0.4, -0.2) is 37.6 Å². The lowest BCUT2D eigenvalue weighted by Crippen LogP contribution is -2.41. The number of unbranched alkanes of at least 4 members (excludes halogenated alkanes) is 1. The fourth-order valence-electron chi connectivity index (χ4n) is 1.86. The molecule has 0 amide bonds. The van der Waals surface area contributed by atoms with Gasteiger partial charge in [0.05, 0.1) is 26.7 Å². The van der Waals surface area contributed by atoms with E-state index in [1.807, 2.05) is 0 Å². The van der Waals surface area contributed by atoms with E-state index in [1.165, 1.54) is 49.8 Å². The molecule has 3 heteroatoms. The molecule has 0 saturated carbocycles. The van der Waals surface area contributed by atoms with E-state index in [4.69, 9.17) is 9.90 Å². The highest BCUT2D eigenvalue weighted by Crippen LogP contribution is 2.16. The fraction of sp³-hybridized carbons (Fsp3) is 0.900. The minimum absolute atomic E-state index is 0.500. The molecule has 1 heterocycles. The summed E-state index contributed by atoms with van der Waals surface area (Å²) in [6.07, 6.45) is 5.69. The van der Waals surface area contributed by atoms with Crippen LogP contribution in [0.4, 0.5) is 0 Å². The van der Waals surface area contributed by atoms with Gasteiger partial charge in [-0.05, 0) is 6.42 Å². The minimum atomic E-state index is -0.500. The lowest BCUT2D eigenvalue weighted by molar-refractivity contribution is -0.897. The van der Waals surface area contributed by atoms with E-state index >= 15 is 0 Å². The van der Waals surface area contributed by atoms with E-state index in [0.29, 0.717) is 0 Å². The molecule has 0 unspecified atom stereocenters. The zero-order chi connectivity index (χ0) is 10.2. The van der Waals surface area contributed by atoms with Crippen molar-refractivity contribution < 1.29 is 14.4 Å². The summed E-state index contributed by atoms with van der Waals surface area (Å²) in [5.41, 5.74) is 0. The Labute approximate surface area is 80.9 Å². The summed E-state index contributed by atoms with van der Waals surface area (Å²) in [7, 11) is 2.41. The SMILES string of the molecule is CCCC[N+]1(C)CCCC1.O=C[O-]. The molecule has 0 aromatic rings. The smallest absolute Gasteiger partial charge is 0.0786 e. The Balaban J connectivity index is 0.000000424. The first kappa shape index (κ1) is 12.4. The maximum Gasteiger partial charge on any atom is 0.0786 e. The molecule has 1 saturated heterocycles. The van der Waals surface area contributed by atoms with Crippen LogP contribution in [0, 0.1) is 0 Å². The van der Waals surface area contributed by atoms with Crippen LogP contribution in [0.3, 0.4) is 0 Å². The number of hydrogen-bond acceptors (Lipinski definition) is 2. The van der Waals surface area contributed by atoms with Crippen LogP contribution in [0.15, 0.2) is 0 Å². The van der Waals surface area contributed by atoms with E-state index in [2.05, 4.69) is 14.0 Å². The van der Waals surface area contributed by atoms with Gasteiger partial charge >= 0.3 is 0 Å². The molecule has 13 heavy (non-hydrogen) atoms. The molecule has 0 radical (unpaired) electrons. The molecule has 0 aliphatic carbocycles. The van der Waals surface area contributed by atoms with Gasteiger partial charge in [0.1, 0.15) is 0 Å². The summed E-state index contributed by atoms with van der Waals surface area (Å²) in [4.78, 5) is 8.25. The molecule has 3 nitrogen and oxygen atoms in total. The lowest BCUT2D eigenvalue weighted by Gasteiger charge is -2.28. The topological polar surface area (TPSA) is 40.1 Å². The minimum Gasteiger partial charge on any atom is -0.554 e. The van der Waals surface area contributed by atoms with Gasteiger partial charge in [0, 0.05) is 19.3 Å². The fourth-order valence-corrected chi connectivity index (χ4v) is 1.86. The lowest BCUT2D eigenvalue weighted by atomic mass is 10.3. The molecule has 0 spiro atoms. The standard InChI is InChI=1S/C9H20N.CH2O2/c1-3-4-7-10(2)8-5-6-9-10;2-1-3/h3-9H2,1-2H3;1H,(H,2,3)/q+1;/p-1. The van der Waals surface area contributed by atoms with Gasteiger partial charge in [-0.3, -0.25) is 0 Å². The van der Waals surface area contributed by atoms with Crippen molar-refractivity contribution in [1.29, 1.82) is 0 Å². The molecule has 0 bridgehead atoms. The molecule has 0 aromatic carbocycles. The highest BCUT2D eigenvalue weighted by molar-refractivity contribution is 5.29. The molecule has 0 aromatic heterocycles. The largest absolute Gasteiger partial charge is 0.554 e. The van der Waals surface area contributed by atoms with Crippen LogP contribution in [0.5, 0.6) is 0 Å². The highest BCUT2D eigenvalue weighted by atomic mass is 16.3. The Morgan fingerprint density at radius 1 is 1.38 bits per heavy atom. The Kier molecular flexibility index (Phi) is 6.59. The van der Waals surface area contributed by atoms with E-state index in [-0.39, 0.29) is 0 Å². The van der Waals surface area contributed by atoms with Gasteiger partial charge in [-0.2, -0.15) is 0 Å². The summed E-state index contributed by atoms with van der Waals surface area (Å²) in [5.74, 6) is 0. The van der Waals surface area contributed by atoms with Gasteiger partial charge in [0.25, 0.3) is 0 Å². The van der Waals surface area contributed by atoms with Gasteiger partial charge in [-0.25, -0.2) is 0 Å². The number of carbonyl (C=O) groups is 1. The zero-order valence-electron chi connectivity index (χ0n) is 8.79. The summed E-state index contributed by atoms with van der Waals surface area (Å²) < 4.78 is 1.36. The highest BCUT2D eigenvalue weighted by Gasteiger charge is 2.25. The third-order valence-electron chi connectivity index (χ3n) is 2.70. The molecule has 1 aliphatic heterocycles. The molecule has 1 fully saturated rings. The number of hydrogen-bond donors (Lipinski definition) is 0.